The van der Waals surface area contributed by atoms with Crippen molar-refractivity contribution in [2.45, 2.75) is 32.6 Å². The van der Waals surface area contributed by atoms with Crippen molar-refractivity contribution in [3.05, 3.63) is 41.6 Å². The van der Waals surface area contributed by atoms with Crippen LogP contribution in [0, 0.1) is 12.8 Å². The summed E-state index contributed by atoms with van der Waals surface area (Å²) >= 11 is 0. The Bertz CT molecular complexity index is 714. The summed E-state index contributed by atoms with van der Waals surface area (Å²) in [5.41, 5.74) is 2.82. The van der Waals surface area contributed by atoms with E-state index in [1.165, 1.54) is 6.42 Å². The standard InChI is InChI=1S/C20H26N2O2/c1-15-7-8-19-18(13-15)17(9-10-21-19)20(23)22-11-3-5-16(14-22)6-4-12-24-2/h7-10,13,16H,3-6,11-12,14H2,1-2H3. The number of benzene rings is 1. The number of rotatable bonds is 5. The number of amides is 1. The lowest BCUT2D eigenvalue weighted by atomic mass is 9.93. The van der Waals surface area contributed by atoms with E-state index in [0.29, 0.717) is 5.92 Å². The number of methoxy groups -OCH3 is 1. The molecule has 1 unspecified atom stereocenters. The molecule has 0 aliphatic carbocycles. The first-order chi connectivity index (χ1) is 11.7. The quantitative estimate of drug-likeness (QED) is 0.784. The third-order valence-corrected chi connectivity index (χ3v) is 4.89. The molecule has 1 aromatic heterocycles. The van der Waals surface area contributed by atoms with E-state index in [4.69, 9.17) is 4.74 Å². The lowest BCUT2D eigenvalue weighted by molar-refractivity contribution is 0.0662. The van der Waals surface area contributed by atoms with E-state index in [9.17, 15) is 4.79 Å². The number of hydrogen-bond donors (Lipinski definition) is 0. The number of carbonyl (C=O) groups is 1. The summed E-state index contributed by atoms with van der Waals surface area (Å²) in [4.78, 5) is 19.5. The molecule has 3 rings (SSSR count). The van der Waals surface area contributed by atoms with Gasteiger partial charge in [-0.05, 0) is 56.7 Å². The fraction of sp³-hybridized carbons (Fsp3) is 0.500. The molecule has 0 bridgehead atoms. The van der Waals surface area contributed by atoms with E-state index in [-0.39, 0.29) is 5.91 Å². The molecule has 4 nitrogen and oxygen atoms in total. The van der Waals surface area contributed by atoms with E-state index >= 15 is 0 Å². The number of ether oxygens (including phenoxy) is 1. The third kappa shape index (κ3) is 3.75. The molecule has 1 aromatic carbocycles. The first-order valence-corrected chi connectivity index (χ1v) is 8.82. The van der Waals surface area contributed by atoms with E-state index in [1.54, 1.807) is 13.3 Å². The predicted molar refractivity (Wildman–Crippen MR) is 96.2 cm³/mol. The molecule has 1 aliphatic rings. The largest absolute Gasteiger partial charge is 0.385 e. The van der Waals surface area contributed by atoms with Gasteiger partial charge in [0.1, 0.15) is 0 Å². The normalized spacial score (nSPS) is 18.1. The van der Waals surface area contributed by atoms with Gasteiger partial charge >= 0.3 is 0 Å². The monoisotopic (exact) mass is 326 g/mol. The average Bonchev–Trinajstić information content (AvgIpc) is 2.61. The molecule has 1 fully saturated rings. The van der Waals surface area contributed by atoms with Crippen LogP contribution in [0.25, 0.3) is 10.9 Å². The Kier molecular flexibility index (Phi) is 5.46. The van der Waals surface area contributed by atoms with Crippen molar-refractivity contribution in [1.29, 1.82) is 0 Å². The molecule has 24 heavy (non-hydrogen) atoms. The first-order valence-electron chi connectivity index (χ1n) is 8.82. The minimum atomic E-state index is 0.143. The zero-order valence-electron chi connectivity index (χ0n) is 14.6. The topological polar surface area (TPSA) is 42.4 Å². The first kappa shape index (κ1) is 16.9. The summed E-state index contributed by atoms with van der Waals surface area (Å²) in [6.07, 6.45) is 6.24. The van der Waals surface area contributed by atoms with Crippen molar-refractivity contribution in [2.24, 2.45) is 5.92 Å². The van der Waals surface area contributed by atoms with Crippen molar-refractivity contribution >= 4 is 16.8 Å². The Morgan fingerprint density at radius 2 is 2.25 bits per heavy atom. The lowest BCUT2D eigenvalue weighted by Gasteiger charge is -2.33. The van der Waals surface area contributed by atoms with E-state index < -0.39 is 0 Å². The zero-order chi connectivity index (χ0) is 16.9. The number of fused-ring (bicyclic) bond motifs is 1. The van der Waals surface area contributed by atoms with E-state index in [2.05, 4.69) is 11.1 Å². The van der Waals surface area contributed by atoms with Gasteiger partial charge in [-0.2, -0.15) is 0 Å². The van der Waals surface area contributed by atoms with Crippen LogP contribution in [0.2, 0.25) is 0 Å². The smallest absolute Gasteiger partial charge is 0.254 e. The summed E-state index contributed by atoms with van der Waals surface area (Å²) in [7, 11) is 1.74. The van der Waals surface area contributed by atoms with Gasteiger partial charge in [-0.1, -0.05) is 11.6 Å². The molecule has 0 saturated carbocycles. The van der Waals surface area contributed by atoms with Gasteiger partial charge in [0, 0.05) is 38.4 Å². The molecule has 0 radical (unpaired) electrons. The van der Waals surface area contributed by atoms with Crippen molar-refractivity contribution in [1.82, 2.24) is 9.88 Å². The van der Waals surface area contributed by atoms with Crippen LogP contribution >= 0.6 is 0 Å². The van der Waals surface area contributed by atoms with Gasteiger partial charge in [-0.25, -0.2) is 0 Å². The van der Waals surface area contributed by atoms with Crippen LogP contribution in [-0.2, 0) is 4.74 Å². The molecule has 1 saturated heterocycles. The maximum absolute atomic E-state index is 13.1. The second-order valence-electron chi connectivity index (χ2n) is 6.77. The molecule has 4 heteroatoms. The number of pyridine rings is 1. The number of aryl methyl sites for hydroxylation is 1. The van der Waals surface area contributed by atoms with Crippen LogP contribution in [0.1, 0.15) is 41.6 Å². The van der Waals surface area contributed by atoms with Crippen LogP contribution in [-0.4, -0.2) is 42.6 Å². The molecule has 1 atom stereocenters. The number of piperidine rings is 1. The fourth-order valence-corrected chi connectivity index (χ4v) is 3.62. The number of nitrogens with zero attached hydrogens (tertiary/aromatic N) is 2. The minimum Gasteiger partial charge on any atom is -0.385 e. The minimum absolute atomic E-state index is 0.143. The number of carbonyl (C=O) groups excluding carboxylic acids is 1. The van der Waals surface area contributed by atoms with Gasteiger partial charge in [-0.15, -0.1) is 0 Å². The van der Waals surface area contributed by atoms with Crippen LogP contribution in [0.15, 0.2) is 30.5 Å². The Labute approximate surface area is 143 Å². The lowest BCUT2D eigenvalue weighted by Crippen LogP contribution is -2.40. The molecule has 1 amide bonds. The Hall–Kier alpha value is -1.94. The zero-order valence-corrected chi connectivity index (χ0v) is 14.6. The molecule has 1 aliphatic heterocycles. The highest BCUT2D eigenvalue weighted by Gasteiger charge is 2.25. The fourth-order valence-electron chi connectivity index (χ4n) is 3.62. The summed E-state index contributed by atoms with van der Waals surface area (Å²) in [5, 5.41) is 0.962. The molecule has 0 spiro atoms. The Balaban J connectivity index is 1.77. The highest BCUT2D eigenvalue weighted by atomic mass is 16.5. The number of hydrogen-bond acceptors (Lipinski definition) is 3. The molecule has 2 aromatic rings. The van der Waals surface area contributed by atoms with E-state index in [1.807, 2.05) is 30.0 Å². The molecule has 128 valence electrons. The maximum Gasteiger partial charge on any atom is 0.254 e. The van der Waals surface area contributed by atoms with Crippen LogP contribution < -0.4 is 0 Å². The molecule has 0 N–H and O–H groups in total. The second kappa shape index (κ2) is 7.75. The van der Waals surface area contributed by atoms with Crippen LogP contribution in [0.3, 0.4) is 0 Å². The third-order valence-electron chi connectivity index (χ3n) is 4.89. The van der Waals surface area contributed by atoms with Crippen molar-refractivity contribution in [3.8, 4) is 0 Å². The molecular weight excluding hydrogens is 300 g/mol. The van der Waals surface area contributed by atoms with Gasteiger partial charge in [0.2, 0.25) is 0 Å². The van der Waals surface area contributed by atoms with Gasteiger partial charge in [0.25, 0.3) is 5.91 Å². The number of aromatic nitrogens is 1. The van der Waals surface area contributed by atoms with Crippen molar-refractivity contribution in [2.75, 3.05) is 26.8 Å². The second-order valence-corrected chi connectivity index (χ2v) is 6.77. The predicted octanol–water partition coefficient (Wildman–Crippen LogP) is 3.82. The molecule has 2 heterocycles. The van der Waals surface area contributed by atoms with Crippen molar-refractivity contribution in [3.63, 3.8) is 0 Å². The highest BCUT2D eigenvalue weighted by molar-refractivity contribution is 6.06. The van der Waals surface area contributed by atoms with Crippen molar-refractivity contribution < 1.29 is 9.53 Å². The number of likely N-dealkylation sites (tertiary alicyclic amines) is 1. The average molecular weight is 326 g/mol. The summed E-state index contributed by atoms with van der Waals surface area (Å²) in [6, 6.07) is 7.95. The van der Waals surface area contributed by atoms with Gasteiger partial charge in [0.05, 0.1) is 11.1 Å². The van der Waals surface area contributed by atoms with Gasteiger partial charge < -0.3 is 9.64 Å². The van der Waals surface area contributed by atoms with Crippen LogP contribution in [0.5, 0.6) is 0 Å². The van der Waals surface area contributed by atoms with Gasteiger partial charge in [-0.3, -0.25) is 9.78 Å². The van der Waals surface area contributed by atoms with Crippen LogP contribution in [0.4, 0.5) is 0 Å². The summed E-state index contributed by atoms with van der Waals surface area (Å²) < 4.78 is 5.15. The Morgan fingerprint density at radius 1 is 1.38 bits per heavy atom. The SMILES string of the molecule is COCCCC1CCCN(C(=O)c2ccnc3ccc(C)cc23)C1. The summed E-state index contributed by atoms with van der Waals surface area (Å²) in [5.74, 6) is 0.733. The van der Waals surface area contributed by atoms with Gasteiger partial charge in [0.15, 0.2) is 0 Å². The maximum atomic E-state index is 13.1. The summed E-state index contributed by atoms with van der Waals surface area (Å²) in [6.45, 7) is 4.57. The molecular formula is C20H26N2O2. The van der Waals surface area contributed by atoms with E-state index in [0.717, 1.165) is 61.0 Å². The highest BCUT2D eigenvalue weighted by Crippen LogP contribution is 2.25. The Morgan fingerprint density at radius 3 is 3.08 bits per heavy atom.